The lowest BCUT2D eigenvalue weighted by Crippen LogP contribution is -2.43. The summed E-state index contributed by atoms with van der Waals surface area (Å²) >= 11 is 0. The van der Waals surface area contributed by atoms with Crippen LogP contribution >= 0.6 is 0 Å². The van der Waals surface area contributed by atoms with E-state index >= 15 is 0 Å². The third kappa shape index (κ3) is 2.76. The first kappa shape index (κ1) is 14.4. The number of ether oxygens (including phenoxy) is 1. The van der Waals surface area contributed by atoms with Crippen LogP contribution in [0, 0.1) is 5.92 Å². The number of amides is 1. The molecule has 0 saturated carbocycles. The standard InChI is InChI=1S/C15H19NO4/c1-3-10-9-16(7-6-13(10)17)15(19)12-8-11(20-2)4-5-14(12)18/h4-5,8,10,18H,3,6-7,9H2,1-2H3. The number of piperidine rings is 1. The van der Waals surface area contributed by atoms with Crippen molar-refractivity contribution in [1.29, 1.82) is 0 Å². The van der Waals surface area contributed by atoms with Crippen molar-refractivity contribution in [1.82, 2.24) is 4.90 Å². The molecule has 1 fully saturated rings. The molecule has 0 bridgehead atoms. The summed E-state index contributed by atoms with van der Waals surface area (Å²) in [6, 6.07) is 4.56. The molecule has 1 aromatic rings. The van der Waals surface area contributed by atoms with Crippen LogP contribution in [0.15, 0.2) is 18.2 Å². The molecule has 0 aliphatic carbocycles. The number of aromatic hydroxyl groups is 1. The number of methoxy groups -OCH3 is 1. The van der Waals surface area contributed by atoms with E-state index < -0.39 is 0 Å². The Balaban J connectivity index is 2.21. The number of benzene rings is 1. The van der Waals surface area contributed by atoms with Gasteiger partial charge in [0.05, 0.1) is 12.7 Å². The Morgan fingerprint density at radius 1 is 1.50 bits per heavy atom. The maximum atomic E-state index is 12.5. The molecule has 5 heteroatoms. The van der Waals surface area contributed by atoms with Crippen LogP contribution in [0.4, 0.5) is 0 Å². The number of Topliss-reactive ketones (excluding diaryl/α,β-unsaturated/α-hetero) is 1. The normalized spacial score (nSPS) is 19.0. The first-order valence-electron chi connectivity index (χ1n) is 6.75. The predicted octanol–water partition coefficient (Wildman–Crippen LogP) is 1.84. The Hall–Kier alpha value is -2.04. The Bertz CT molecular complexity index is 527. The molecule has 1 atom stereocenters. The van der Waals surface area contributed by atoms with Crippen molar-refractivity contribution in [3.63, 3.8) is 0 Å². The predicted molar refractivity (Wildman–Crippen MR) is 74.0 cm³/mol. The molecule has 1 amide bonds. The second-order valence-electron chi connectivity index (χ2n) is 4.96. The van der Waals surface area contributed by atoms with E-state index in [4.69, 9.17) is 4.74 Å². The molecule has 1 N–H and O–H groups in total. The number of carbonyl (C=O) groups is 2. The largest absolute Gasteiger partial charge is 0.507 e. The van der Waals surface area contributed by atoms with Gasteiger partial charge in [0.15, 0.2) is 0 Å². The van der Waals surface area contributed by atoms with Crippen molar-refractivity contribution in [2.45, 2.75) is 19.8 Å². The molecule has 1 saturated heterocycles. The molecule has 1 aromatic carbocycles. The van der Waals surface area contributed by atoms with Crippen LogP contribution in [0.5, 0.6) is 11.5 Å². The zero-order valence-electron chi connectivity index (χ0n) is 11.8. The molecule has 5 nitrogen and oxygen atoms in total. The summed E-state index contributed by atoms with van der Waals surface area (Å²) in [6.45, 7) is 2.77. The number of hydrogen-bond donors (Lipinski definition) is 1. The quantitative estimate of drug-likeness (QED) is 0.915. The van der Waals surface area contributed by atoms with Gasteiger partial charge in [-0.2, -0.15) is 0 Å². The Labute approximate surface area is 118 Å². The van der Waals surface area contributed by atoms with Gasteiger partial charge in [-0.3, -0.25) is 9.59 Å². The number of phenolic OH excluding ortho intramolecular Hbond substituents is 1. The van der Waals surface area contributed by atoms with Crippen LogP contribution < -0.4 is 4.74 Å². The van der Waals surface area contributed by atoms with Gasteiger partial charge in [0.25, 0.3) is 5.91 Å². The van der Waals surface area contributed by atoms with Crippen molar-refractivity contribution in [3.05, 3.63) is 23.8 Å². The number of phenols is 1. The molecular formula is C15H19NO4. The highest BCUT2D eigenvalue weighted by atomic mass is 16.5. The first-order chi connectivity index (χ1) is 9.56. The summed E-state index contributed by atoms with van der Waals surface area (Å²) in [5, 5.41) is 9.84. The molecule has 2 rings (SSSR count). The molecule has 0 radical (unpaired) electrons. The summed E-state index contributed by atoms with van der Waals surface area (Å²) in [5.74, 6) is 0.311. The van der Waals surface area contributed by atoms with Gasteiger partial charge in [0, 0.05) is 25.4 Å². The van der Waals surface area contributed by atoms with E-state index in [1.165, 1.54) is 19.2 Å². The lowest BCUT2D eigenvalue weighted by atomic mass is 9.93. The molecule has 1 aliphatic rings. The third-order valence-electron chi connectivity index (χ3n) is 3.74. The van der Waals surface area contributed by atoms with E-state index in [1.807, 2.05) is 6.92 Å². The highest BCUT2D eigenvalue weighted by Gasteiger charge is 2.30. The fourth-order valence-corrected chi connectivity index (χ4v) is 2.43. The summed E-state index contributed by atoms with van der Waals surface area (Å²) in [4.78, 5) is 25.8. The highest BCUT2D eigenvalue weighted by molar-refractivity contribution is 5.98. The van der Waals surface area contributed by atoms with Gasteiger partial charge in [-0.15, -0.1) is 0 Å². The van der Waals surface area contributed by atoms with E-state index in [-0.39, 0.29) is 28.9 Å². The molecular weight excluding hydrogens is 258 g/mol. The van der Waals surface area contributed by atoms with Crippen molar-refractivity contribution in [3.8, 4) is 11.5 Å². The van der Waals surface area contributed by atoms with Crippen molar-refractivity contribution >= 4 is 11.7 Å². The topological polar surface area (TPSA) is 66.8 Å². The smallest absolute Gasteiger partial charge is 0.257 e. The average Bonchev–Trinajstić information content (AvgIpc) is 2.47. The summed E-state index contributed by atoms with van der Waals surface area (Å²) in [5.41, 5.74) is 0.216. The second kappa shape index (κ2) is 5.94. The number of likely N-dealkylation sites (tertiary alicyclic amines) is 1. The van der Waals surface area contributed by atoms with Gasteiger partial charge in [-0.05, 0) is 24.6 Å². The SMILES string of the molecule is CCC1CN(C(=O)c2cc(OC)ccc2O)CCC1=O. The summed E-state index contributed by atoms with van der Waals surface area (Å²) in [7, 11) is 1.51. The van der Waals surface area contributed by atoms with Crippen LogP contribution in [0.1, 0.15) is 30.1 Å². The third-order valence-corrected chi connectivity index (χ3v) is 3.74. The molecule has 1 aliphatic heterocycles. The first-order valence-corrected chi connectivity index (χ1v) is 6.75. The van der Waals surface area contributed by atoms with Crippen molar-refractivity contribution in [2.75, 3.05) is 20.2 Å². The Kier molecular flexibility index (Phi) is 4.27. The minimum absolute atomic E-state index is 0.0688. The number of ketones is 1. The zero-order chi connectivity index (χ0) is 14.7. The van der Waals surface area contributed by atoms with E-state index in [2.05, 4.69) is 0 Å². The van der Waals surface area contributed by atoms with Gasteiger partial charge in [-0.25, -0.2) is 0 Å². The number of nitrogens with zero attached hydrogens (tertiary/aromatic N) is 1. The minimum atomic E-state index is -0.257. The van der Waals surface area contributed by atoms with Crippen LogP contribution in [-0.2, 0) is 4.79 Å². The van der Waals surface area contributed by atoms with E-state index in [1.54, 1.807) is 11.0 Å². The minimum Gasteiger partial charge on any atom is -0.507 e. The van der Waals surface area contributed by atoms with Gasteiger partial charge in [0.2, 0.25) is 0 Å². The monoisotopic (exact) mass is 277 g/mol. The van der Waals surface area contributed by atoms with E-state index in [9.17, 15) is 14.7 Å². The Morgan fingerprint density at radius 3 is 2.90 bits per heavy atom. The zero-order valence-corrected chi connectivity index (χ0v) is 11.8. The lowest BCUT2D eigenvalue weighted by molar-refractivity contribution is -0.125. The fourth-order valence-electron chi connectivity index (χ4n) is 2.43. The van der Waals surface area contributed by atoms with Crippen molar-refractivity contribution < 1.29 is 19.4 Å². The van der Waals surface area contributed by atoms with Gasteiger partial charge < -0.3 is 14.7 Å². The van der Waals surface area contributed by atoms with Gasteiger partial charge in [-0.1, -0.05) is 6.92 Å². The van der Waals surface area contributed by atoms with Gasteiger partial charge in [0.1, 0.15) is 17.3 Å². The number of hydrogen-bond acceptors (Lipinski definition) is 4. The van der Waals surface area contributed by atoms with Gasteiger partial charge >= 0.3 is 0 Å². The molecule has 1 heterocycles. The second-order valence-corrected chi connectivity index (χ2v) is 4.96. The Morgan fingerprint density at radius 2 is 2.25 bits per heavy atom. The van der Waals surface area contributed by atoms with Crippen LogP contribution in [0.2, 0.25) is 0 Å². The molecule has 0 spiro atoms. The highest BCUT2D eigenvalue weighted by Crippen LogP contribution is 2.26. The van der Waals surface area contributed by atoms with Crippen LogP contribution in [0.25, 0.3) is 0 Å². The summed E-state index contributed by atoms with van der Waals surface area (Å²) < 4.78 is 5.07. The lowest BCUT2D eigenvalue weighted by Gasteiger charge is -2.31. The average molecular weight is 277 g/mol. The fraction of sp³-hybridized carbons (Fsp3) is 0.467. The maximum absolute atomic E-state index is 12.5. The number of carbonyl (C=O) groups excluding carboxylic acids is 2. The molecule has 1 unspecified atom stereocenters. The van der Waals surface area contributed by atoms with E-state index in [0.29, 0.717) is 25.3 Å². The number of rotatable bonds is 3. The molecule has 20 heavy (non-hydrogen) atoms. The molecule has 0 aromatic heterocycles. The van der Waals surface area contributed by atoms with Crippen molar-refractivity contribution in [2.24, 2.45) is 5.92 Å². The molecule has 108 valence electrons. The van der Waals surface area contributed by atoms with Crippen LogP contribution in [-0.4, -0.2) is 41.9 Å². The summed E-state index contributed by atoms with van der Waals surface area (Å²) in [6.07, 6.45) is 1.11. The maximum Gasteiger partial charge on any atom is 0.257 e. The van der Waals surface area contributed by atoms with E-state index in [0.717, 1.165) is 6.42 Å². The van der Waals surface area contributed by atoms with Crippen LogP contribution in [0.3, 0.4) is 0 Å².